The highest BCUT2D eigenvalue weighted by Crippen LogP contribution is 2.32. The molecule has 3 saturated heterocycles. The largest absolute Gasteiger partial charge is 0.356 e. The average Bonchev–Trinajstić information content (AvgIpc) is 2.93. The van der Waals surface area contributed by atoms with Gasteiger partial charge in [0.05, 0.1) is 17.7 Å². The molecule has 0 aromatic carbocycles. The molecular weight excluding hydrogens is 302 g/mol. The van der Waals surface area contributed by atoms with Crippen LogP contribution in [0.25, 0.3) is 0 Å². The van der Waals surface area contributed by atoms with Crippen molar-refractivity contribution in [3.63, 3.8) is 0 Å². The number of carbonyl (C=O) groups is 2. The Hall–Kier alpha value is -0.990. The van der Waals surface area contributed by atoms with Crippen LogP contribution in [0.3, 0.4) is 0 Å². The minimum atomic E-state index is -0.0344. The molecule has 0 aromatic rings. The number of hydrazine groups is 1. The van der Waals surface area contributed by atoms with Crippen molar-refractivity contribution >= 4 is 23.7 Å². The van der Waals surface area contributed by atoms with Gasteiger partial charge in [-0.3, -0.25) is 4.79 Å². The van der Waals surface area contributed by atoms with Gasteiger partial charge in [-0.15, -0.1) is 0 Å². The van der Waals surface area contributed by atoms with Crippen molar-refractivity contribution in [3.05, 3.63) is 0 Å². The molecule has 0 bridgehead atoms. The molecule has 3 heterocycles. The third-order valence-electron chi connectivity index (χ3n) is 4.58. The monoisotopic (exact) mass is 327 g/mol. The normalized spacial score (nSPS) is 31.3. The molecule has 124 valence electrons. The number of carbonyl (C=O) groups excluding carboxylic acids is 2. The second-order valence-corrected chi connectivity index (χ2v) is 7.82. The van der Waals surface area contributed by atoms with Crippen LogP contribution in [0.4, 0.5) is 4.79 Å². The molecule has 5 N–H and O–H groups in total. The minimum absolute atomic E-state index is 0.0269. The van der Waals surface area contributed by atoms with Gasteiger partial charge >= 0.3 is 6.03 Å². The summed E-state index contributed by atoms with van der Waals surface area (Å²) < 4.78 is 0. The van der Waals surface area contributed by atoms with Crippen LogP contribution in [-0.4, -0.2) is 47.2 Å². The standard InChI is InChI=1S/C14H25N5O2S/c1-14(18-19-14)6-5-11(20)15-7-3-2-4-10-12-9(8-22-10)16-13(21)17-12/h9-10,12,18-19H,2-8H2,1H3,(H,15,20)(H2,16,17,21). The highest BCUT2D eigenvalue weighted by atomic mass is 32.2. The lowest BCUT2D eigenvalue weighted by atomic mass is 10.0. The van der Waals surface area contributed by atoms with Crippen molar-refractivity contribution < 1.29 is 9.59 Å². The van der Waals surface area contributed by atoms with Crippen LogP contribution in [0.5, 0.6) is 0 Å². The van der Waals surface area contributed by atoms with Crippen LogP contribution >= 0.6 is 11.8 Å². The number of thioether (sulfide) groups is 1. The van der Waals surface area contributed by atoms with Crippen molar-refractivity contribution in [2.45, 2.75) is 62.0 Å². The molecule has 3 fully saturated rings. The zero-order chi connectivity index (χ0) is 15.6. The number of rotatable bonds is 8. The first kappa shape index (κ1) is 15.9. The molecule has 0 aromatic heterocycles. The fourth-order valence-corrected chi connectivity index (χ4v) is 4.57. The summed E-state index contributed by atoms with van der Waals surface area (Å²) in [6.07, 6.45) is 4.53. The number of hydrogen-bond donors (Lipinski definition) is 5. The average molecular weight is 327 g/mol. The maximum atomic E-state index is 11.7. The zero-order valence-electron chi connectivity index (χ0n) is 12.9. The Bertz CT molecular complexity index is 443. The molecule has 3 aliphatic rings. The predicted octanol–water partition coefficient (Wildman–Crippen LogP) is 0.0425. The summed E-state index contributed by atoms with van der Waals surface area (Å²) in [6, 6.07) is 0.556. The van der Waals surface area contributed by atoms with Gasteiger partial charge in [-0.25, -0.2) is 15.6 Å². The first-order valence-corrected chi connectivity index (χ1v) is 9.10. The molecule has 8 heteroatoms. The van der Waals surface area contributed by atoms with Crippen LogP contribution in [-0.2, 0) is 4.79 Å². The third kappa shape index (κ3) is 4.05. The molecule has 3 amide bonds. The topological polar surface area (TPSA) is 114 Å². The summed E-state index contributed by atoms with van der Waals surface area (Å²) in [5.41, 5.74) is 6.02. The van der Waals surface area contributed by atoms with Gasteiger partial charge in [0.1, 0.15) is 0 Å². The lowest BCUT2D eigenvalue weighted by molar-refractivity contribution is -0.121. The van der Waals surface area contributed by atoms with Crippen molar-refractivity contribution in [2.24, 2.45) is 0 Å². The second-order valence-electron chi connectivity index (χ2n) is 6.55. The van der Waals surface area contributed by atoms with Crippen molar-refractivity contribution in [1.82, 2.24) is 26.8 Å². The molecule has 3 aliphatic heterocycles. The molecule has 0 spiro atoms. The maximum absolute atomic E-state index is 11.7. The predicted molar refractivity (Wildman–Crippen MR) is 86.3 cm³/mol. The van der Waals surface area contributed by atoms with E-state index in [9.17, 15) is 9.59 Å². The first-order valence-electron chi connectivity index (χ1n) is 8.05. The van der Waals surface area contributed by atoms with Crippen molar-refractivity contribution in [3.8, 4) is 0 Å². The van der Waals surface area contributed by atoms with Crippen molar-refractivity contribution in [1.29, 1.82) is 0 Å². The summed E-state index contributed by atoms with van der Waals surface area (Å²) >= 11 is 1.94. The van der Waals surface area contributed by atoms with E-state index in [1.165, 1.54) is 0 Å². The van der Waals surface area contributed by atoms with Gasteiger partial charge in [-0.05, 0) is 26.2 Å². The Morgan fingerprint density at radius 3 is 2.95 bits per heavy atom. The van der Waals surface area contributed by atoms with E-state index in [1.807, 2.05) is 18.7 Å². The molecule has 0 aliphatic carbocycles. The Labute approximate surface area is 135 Å². The van der Waals surface area contributed by atoms with Crippen LogP contribution in [0.2, 0.25) is 0 Å². The summed E-state index contributed by atoms with van der Waals surface area (Å²) in [4.78, 5) is 23.0. The number of hydrogen-bond acceptors (Lipinski definition) is 5. The molecule has 0 radical (unpaired) electrons. The molecule has 22 heavy (non-hydrogen) atoms. The fraction of sp³-hybridized carbons (Fsp3) is 0.857. The quantitative estimate of drug-likeness (QED) is 0.245. The van der Waals surface area contributed by atoms with Gasteiger partial charge in [0.25, 0.3) is 0 Å². The Morgan fingerprint density at radius 1 is 1.36 bits per heavy atom. The number of nitrogens with one attached hydrogen (secondary N) is 5. The van der Waals surface area contributed by atoms with E-state index in [0.29, 0.717) is 17.7 Å². The molecule has 3 atom stereocenters. The van der Waals surface area contributed by atoms with Crippen LogP contribution in [0, 0.1) is 0 Å². The number of urea groups is 1. The molecular formula is C14H25N5O2S. The van der Waals surface area contributed by atoms with E-state index < -0.39 is 0 Å². The number of unbranched alkanes of at least 4 members (excludes halogenated alkanes) is 1. The summed E-state index contributed by atoms with van der Waals surface area (Å²) in [7, 11) is 0. The van der Waals surface area contributed by atoms with Crippen LogP contribution in [0.15, 0.2) is 0 Å². The molecule has 3 unspecified atom stereocenters. The van der Waals surface area contributed by atoms with E-state index in [-0.39, 0.29) is 23.6 Å². The second kappa shape index (κ2) is 6.64. The smallest absolute Gasteiger partial charge is 0.315 e. The third-order valence-corrected chi connectivity index (χ3v) is 6.09. The maximum Gasteiger partial charge on any atom is 0.315 e. The van der Waals surface area contributed by atoms with Gasteiger partial charge in [-0.1, -0.05) is 6.42 Å². The Kier molecular flexibility index (Phi) is 4.79. The van der Waals surface area contributed by atoms with Gasteiger partial charge in [0.2, 0.25) is 5.91 Å². The van der Waals surface area contributed by atoms with Gasteiger partial charge in [0, 0.05) is 24.0 Å². The summed E-state index contributed by atoms with van der Waals surface area (Å²) in [5.74, 6) is 1.13. The number of fused-ring (bicyclic) bond motifs is 1. The van der Waals surface area contributed by atoms with Gasteiger partial charge in [-0.2, -0.15) is 11.8 Å². The Balaban J connectivity index is 1.23. The molecule has 0 saturated carbocycles. The lowest BCUT2D eigenvalue weighted by Gasteiger charge is -2.16. The zero-order valence-corrected chi connectivity index (χ0v) is 13.7. The molecule has 3 rings (SSSR count). The van der Waals surface area contributed by atoms with E-state index in [1.54, 1.807) is 0 Å². The SMILES string of the molecule is CC1(CCC(=O)NCCCCC2SCC3NC(=O)NC32)NN1. The lowest BCUT2D eigenvalue weighted by Crippen LogP contribution is -2.36. The van der Waals surface area contributed by atoms with Gasteiger partial charge < -0.3 is 16.0 Å². The highest BCUT2D eigenvalue weighted by Gasteiger charge is 2.42. The fourth-order valence-electron chi connectivity index (χ4n) is 3.02. The number of amides is 3. The van der Waals surface area contributed by atoms with Crippen molar-refractivity contribution in [2.75, 3.05) is 12.3 Å². The van der Waals surface area contributed by atoms with E-state index >= 15 is 0 Å². The van der Waals surface area contributed by atoms with Crippen LogP contribution < -0.4 is 26.8 Å². The first-order chi connectivity index (χ1) is 10.6. The van der Waals surface area contributed by atoms with Gasteiger partial charge in [0.15, 0.2) is 0 Å². The van der Waals surface area contributed by atoms with E-state index in [4.69, 9.17) is 0 Å². The summed E-state index contributed by atoms with van der Waals surface area (Å²) in [6.45, 7) is 2.79. The molecule has 7 nitrogen and oxygen atoms in total. The highest BCUT2D eigenvalue weighted by molar-refractivity contribution is 8.00. The van der Waals surface area contributed by atoms with Crippen LogP contribution in [0.1, 0.15) is 39.0 Å². The minimum Gasteiger partial charge on any atom is -0.356 e. The Morgan fingerprint density at radius 2 is 2.18 bits per heavy atom. The van der Waals surface area contributed by atoms with E-state index in [2.05, 4.69) is 26.8 Å². The van der Waals surface area contributed by atoms with E-state index in [0.717, 1.165) is 38.0 Å². The summed E-state index contributed by atoms with van der Waals surface area (Å²) in [5, 5.41) is 9.45.